The molecule has 1 fully saturated rings. The van der Waals surface area contributed by atoms with E-state index in [1.54, 1.807) is 42.5 Å². The van der Waals surface area contributed by atoms with Crippen molar-refractivity contribution < 1.29 is 33.3 Å². The third-order valence-corrected chi connectivity index (χ3v) is 7.09. The second-order valence-corrected chi connectivity index (χ2v) is 9.13. The van der Waals surface area contributed by atoms with Gasteiger partial charge >= 0.3 is 5.91 Å². The molecule has 1 unspecified atom stereocenters. The van der Waals surface area contributed by atoms with Gasteiger partial charge in [-0.1, -0.05) is 17.4 Å². The number of nitrogens with zero attached hydrogens (tertiary/aromatic N) is 2. The normalized spacial score (nSPS) is 16.9. The summed E-state index contributed by atoms with van der Waals surface area (Å²) in [5.74, 6) is -1.14. The van der Waals surface area contributed by atoms with Crippen LogP contribution in [-0.2, 0) is 9.59 Å². The van der Waals surface area contributed by atoms with E-state index < -0.39 is 23.5 Å². The molecular weight excluding hydrogens is 499 g/mol. The van der Waals surface area contributed by atoms with E-state index in [1.165, 1.54) is 44.4 Å². The number of benzene rings is 3. The van der Waals surface area contributed by atoms with Gasteiger partial charge in [0, 0.05) is 5.56 Å². The number of thiazole rings is 1. The van der Waals surface area contributed by atoms with Crippen molar-refractivity contribution in [3.63, 3.8) is 0 Å². The molecule has 0 radical (unpaired) electrons. The van der Waals surface area contributed by atoms with E-state index in [1.807, 2.05) is 0 Å². The fraction of sp³-hybridized carbons (Fsp3) is 0.148. The standard InChI is InChI=1S/C27H21FN2O6S/c1-34-17-8-4-14(5-9-17)24(31)22-23(15-6-11-19(35-2)20(12-15)36-3)30(26(33)25(22)32)27-29-18-10-7-16(28)13-21(18)37-27/h4-13,23,31H,1-3H3. The fourth-order valence-electron chi connectivity index (χ4n) is 4.26. The first kappa shape index (κ1) is 24.3. The second kappa shape index (κ2) is 9.55. The van der Waals surface area contributed by atoms with Crippen molar-refractivity contribution in [3.8, 4) is 17.2 Å². The highest BCUT2D eigenvalue weighted by molar-refractivity contribution is 7.22. The van der Waals surface area contributed by atoms with Crippen molar-refractivity contribution >= 4 is 44.1 Å². The van der Waals surface area contributed by atoms with Gasteiger partial charge in [-0.15, -0.1) is 0 Å². The zero-order valence-corrected chi connectivity index (χ0v) is 20.8. The largest absolute Gasteiger partial charge is 0.507 e. The number of ether oxygens (including phenoxy) is 3. The summed E-state index contributed by atoms with van der Waals surface area (Å²) < 4.78 is 30.3. The van der Waals surface area contributed by atoms with Gasteiger partial charge in [-0.2, -0.15) is 0 Å². The number of aliphatic hydroxyl groups excluding tert-OH is 1. The van der Waals surface area contributed by atoms with E-state index in [9.17, 15) is 19.1 Å². The molecule has 3 aromatic carbocycles. The molecule has 5 rings (SSSR count). The number of hydrogen-bond acceptors (Lipinski definition) is 8. The monoisotopic (exact) mass is 520 g/mol. The van der Waals surface area contributed by atoms with Crippen LogP contribution in [0.4, 0.5) is 9.52 Å². The molecule has 1 aliphatic rings. The number of ketones is 1. The van der Waals surface area contributed by atoms with E-state index in [2.05, 4.69) is 4.98 Å². The van der Waals surface area contributed by atoms with Crippen molar-refractivity contribution in [1.29, 1.82) is 0 Å². The first-order valence-electron chi connectivity index (χ1n) is 11.1. The van der Waals surface area contributed by atoms with Gasteiger partial charge in [-0.05, 0) is 60.2 Å². The molecule has 2 heterocycles. The number of amides is 1. The van der Waals surface area contributed by atoms with Gasteiger partial charge < -0.3 is 19.3 Å². The van der Waals surface area contributed by atoms with E-state index >= 15 is 0 Å². The molecule has 1 atom stereocenters. The Labute approximate surface area is 215 Å². The zero-order valence-electron chi connectivity index (χ0n) is 20.0. The maximum Gasteiger partial charge on any atom is 0.301 e. The lowest BCUT2D eigenvalue weighted by molar-refractivity contribution is -0.132. The molecule has 0 spiro atoms. The third-order valence-electron chi connectivity index (χ3n) is 6.08. The minimum atomic E-state index is -1.03. The summed E-state index contributed by atoms with van der Waals surface area (Å²) in [5.41, 5.74) is 1.17. The molecule has 10 heteroatoms. The molecule has 8 nitrogen and oxygen atoms in total. The Morgan fingerprint density at radius 1 is 0.946 bits per heavy atom. The van der Waals surface area contributed by atoms with Gasteiger partial charge in [-0.25, -0.2) is 9.37 Å². The zero-order chi connectivity index (χ0) is 26.3. The topological polar surface area (TPSA) is 98.2 Å². The molecule has 1 amide bonds. The predicted octanol–water partition coefficient (Wildman–Crippen LogP) is 5.09. The molecule has 1 aromatic heterocycles. The summed E-state index contributed by atoms with van der Waals surface area (Å²) in [6, 6.07) is 14.5. The van der Waals surface area contributed by atoms with Crippen molar-refractivity contribution in [2.75, 3.05) is 26.2 Å². The number of methoxy groups -OCH3 is 3. The number of hydrogen-bond donors (Lipinski definition) is 1. The quantitative estimate of drug-likeness (QED) is 0.215. The smallest absolute Gasteiger partial charge is 0.301 e. The van der Waals surface area contributed by atoms with Gasteiger partial charge in [-0.3, -0.25) is 14.5 Å². The minimum Gasteiger partial charge on any atom is -0.507 e. The van der Waals surface area contributed by atoms with E-state index in [0.29, 0.717) is 38.6 Å². The van der Waals surface area contributed by atoms with Crippen molar-refractivity contribution in [3.05, 3.63) is 83.2 Å². The predicted molar refractivity (Wildman–Crippen MR) is 137 cm³/mol. The van der Waals surface area contributed by atoms with Gasteiger partial charge in [0.25, 0.3) is 5.78 Å². The van der Waals surface area contributed by atoms with Gasteiger partial charge in [0.1, 0.15) is 17.3 Å². The lowest BCUT2D eigenvalue weighted by Crippen LogP contribution is -2.29. The number of aliphatic hydroxyl groups is 1. The molecule has 1 aliphatic heterocycles. The van der Waals surface area contributed by atoms with Crippen LogP contribution in [0.2, 0.25) is 0 Å². The summed E-state index contributed by atoms with van der Waals surface area (Å²) in [6.45, 7) is 0. The summed E-state index contributed by atoms with van der Waals surface area (Å²) in [4.78, 5) is 32.5. The average molecular weight is 521 g/mol. The minimum absolute atomic E-state index is 0.118. The molecule has 1 saturated heterocycles. The van der Waals surface area contributed by atoms with Gasteiger partial charge in [0.15, 0.2) is 16.6 Å². The highest BCUT2D eigenvalue weighted by atomic mass is 32.1. The molecule has 0 aliphatic carbocycles. The van der Waals surface area contributed by atoms with Crippen molar-refractivity contribution in [2.45, 2.75) is 6.04 Å². The first-order valence-corrected chi connectivity index (χ1v) is 11.9. The third kappa shape index (κ3) is 4.15. The Kier molecular flexibility index (Phi) is 6.26. The van der Waals surface area contributed by atoms with Crippen LogP contribution in [0.25, 0.3) is 16.0 Å². The first-order chi connectivity index (χ1) is 17.9. The van der Waals surface area contributed by atoms with Crippen LogP contribution in [0.5, 0.6) is 17.2 Å². The summed E-state index contributed by atoms with van der Waals surface area (Å²) >= 11 is 1.07. The average Bonchev–Trinajstić information content (AvgIpc) is 3.45. The Morgan fingerprint density at radius 3 is 2.35 bits per heavy atom. The molecule has 37 heavy (non-hydrogen) atoms. The Morgan fingerprint density at radius 2 is 1.68 bits per heavy atom. The lowest BCUT2D eigenvalue weighted by Gasteiger charge is -2.23. The number of anilines is 1. The van der Waals surface area contributed by atoms with Crippen molar-refractivity contribution in [1.82, 2.24) is 4.98 Å². The SMILES string of the molecule is COc1ccc(C(O)=C2C(=O)C(=O)N(c3nc4ccc(F)cc4s3)C2c2ccc(OC)c(OC)c2)cc1. The van der Waals surface area contributed by atoms with E-state index in [0.717, 1.165) is 11.3 Å². The molecule has 188 valence electrons. The van der Waals surface area contributed by atoms with Crippen LogP contribution in [0.1, 0.15) is 17.2 Å². The Bertz CT molecular complexity index is 1560. The number of aromatic nitrogens is 1. The number of carbonyl (C=O) groups is 2. The number of halogens is 1. The maximum absolute atomic E-state index is 13.8. The van der Waals surface area contributed by atoms with Gasteiger partial charge in [0.05, 0.1) is 43.2 Å². The number of Topliss-reactive ketones (excluding diaryl/α,β-unsaturated/α-hetero) is 1. The summed E-state index contributed by atoms with van der Waals surface area (Å²) in [7, 11) is 4.48. The number of rotatable bonds is 6. The molecule has 0 bridgehead atoms. The van der Waals surface area contributed by atoms with Crippen LogP contribution in [0, 0.1) is 5.82 Å². The lowest BCUT2D eigenvalue weighted by atomic mass is 9.95. The van der Waals surface area contributed by atoms with Crippen LogP contribution in [0.15, 0.2) is 66.2 Å². The van der Waals surface area contributed by atoms with Crippen LogP contribution < -0.4 is 19.1 Å². The Hall–Kier alpha value is -4.44. The summed E-state index contributed by atoms with van der Waals surface area (Å²) in [5, 5.41) is 11.5. The van der Waals surface area contributed by atoms with E-state index in [4.69, 9.17) is 14.2 Å². The van der Waals surface area contributed by atoms with Gasteiger partial charge in [0.2, 0.25) is 0 Å². The molecular formula is C27H21FN2O6S. The Balaban J connectivity index is 1.73. The van der Waals surface area contributed by atoms with Crippen LogP contribution in [0.3, 0.4) is 0 Å². The van der Waals surface area contributed by atoms with Crippen molar-refractivity contribution in [2.24, 2.45) is 0 Å². The van der Waals surface area contributed by atoms with E-state index in [-0.39, 0.29) is 16.5 Å². The number of fused-ring (bicyclic) bond motifs is 1. The molecule has 0 saturated carbocycles. The second-order valence-electron chi connectivity index (χ2n) is 8.12. The maximum atomic E-state index is 13.8. The van der Waals surface area contributed by atoms with Crippen LogP contribution in [-0.4, -0.2) is 43.1 Å². The molecule has 1 N–H and O–H groups in total. The highest BCUT2D eigenvalue weighted by Gasteiger charge is 2.48. The van der Waals surface area contributed by atoms with Crippen LogP contribution >= 0.6 is 11.3 Å². The summed E-state index contributed by atoms with van der Waals surface area (Å²) in [6.07, 6.45) is 0. The molecule has 4 aromatic rings. The fourth-order valence-corrected chi connectivity index (χ4v) is 5.28. The highest BCUT2D eigenvalue weighted by Crippen LogP contribution is 2.46. The number of carbonyl (C=O) groups excluding carboxylic acids is 2.